The number of sulfonamides is 1. The van der Waals surface area contributed by atoms with Crippen molar-refractivity contribution < 1.29 is 13.2 Å². The van der Waals surface area contributed by atoms with Crippen LogP contribution >= 0.6 is 0 Å². The third kappa shape index (κ3) is 3.41. The summed E-state index contributed by atoms with van der Waals surface area (Å²) in [4.78, 5) is 20.2. The number of pyridine rings is 2. The number of nitrogens with zero attached hydrogens (tertiary/aromatic N) is 2. The first kappa shape index (κ1) is 16.1. The van der Waals surface area contributed by atoms with E-state index in [4.69, 9.17) is 0 Å². The van der Waals surface area contributed by atoms with Gasteiger partial charge in [0.15, 0.2) is 5.78 Å². The van der Waals surface area contributed by atoms with Crippen LogP contribution in [0.5, 0.6) is 0 Å². The van der Waals surface area contributed by atoms with Crippen LogP contribution in [-0.4, -0.2) is 30.4 Å². The van der Waals surface area contributed by atoms with Gasteiger partial charge in [0.25, 0.3) is 0 Å². The molecule has 0 amide bonds. The Balaban J connectivity index is 2.19. The Kier molecular flexibility index (Phi) is 4.02. The molecular formula is C17H15N3O3S. The van der Waals surface area contributed by atoms with E-state index in [1.54, 1.807) is 42.6 Å². The standard InChI is InChI=1S/C17H15N3O3S/c1-11(21)12-5-7-13(8-6-12)17-16-14(4-3-9-18-16)10-15(19-17)20-24(2,22)23/h3-10H,1-2H3,(H,19,20). The largest absolute Gasteiger partial charge is 0.295 e. The Bertz CT molecular complexity index is 1030. The molecule has 6 nitrogen and oxygen atoms in total. The fourth-order valence-corrected chi connectivity index (χ4v) is 2.88. The molecule has 2 heterocycles. The summed E-state index contributed by atoms with van der Waals surface area (Å²) < 4.78 is 25.4. The zero-order valence-corrected chi connectivity index (χ0v) is 14.0. The Hall–Kier alpha value is -2.80. The summed E-state index contributed by atoms with van der Waals surface area (Å²) in [5.41, 5.74) is 2.56. The number of ketones is 1. The molecule has 0 unspecified atom stereocenters. The number of fused-ring (bicyclic) bond motifs is 1. The van der Waals surface area contributed by atoms with Crippen molar-refractivity contribution in [2.75, 3.05) is 11.0 Å². The molecule has 1 N–H and O–H groups in total. The van der Waals surface area contributed by atoms with Gasteiger partial charge in [0.05, 0.1) is 17.5 Å². The molecule has 0 saturated carbocycles. The minimum absolute atomic E-state index is 0.0232. The highest BCUT2D eigenvalue weighted by Crippen LogP contribution is 2.28. The molecule has 24 heavy (non-hydrogen) atoms. The first-order valence-corrected chi connectivity index (χ1v) is 9.07. The van der Waals surface area contributed by atoms with Gasteiger partial charge in [-0.3, -0.25) is 14.5 Å². The monoisotopic (exact) mass is 341 g/mol. The average molecular weight is 341 g/mol. The molecule has 0 atom stereocenters. The third-order valence-corrected chi connectivity index (χ3v) is 4.02. The summed E-state index contributed by atoms with van der Waals surface area (Å²) >= 11 is 0. The van der Waals surface area contributed by atoms with Crippen LogP contribution in [-0.2, 0) is 10.0 Å². The molecular weight excluding hydrogens is 326 g/mol. The molecule has 1 aromatic carbocycles. The fourth-order valence-electron chi connectivity index (χ4n) is 2.39. The van der Waals surface area contributed by atoms with E-state index in [1.165, 1.54) is 6.92 Å². The highest BCUT2D eigenvalue weighted by atomic mass is 32.2. The van der Waals surface area contributed by atoms with Crippen LogP contribution in [0.2, 0.25) is 0 Å². The quantitative estimate of drug-likeness (QED) is 0.737. The molecule has 3 rings (SSSR count). The van der Waals surface area contributed by atoms with Crippen molar-refractivity contribution in [2.45, 2.75) is 6.92 Å². The first-order chi connectivity index (χ1) is 11.3. The van der Waals surface area contributed by atoms with Gasteiger partial charge in [-0.15, -0.1) is 0 Å². The SMILES string of the molecule is CC(=O)c1ccc(-c2nc(NS(C)(=O)=O)cc3cccnc23)cc1. The number of Topliss-reactive ketones (excluding diaryl/α,β-unsaturated/α-hetero) is 1. The predicted molar refractivity (Wildman–Crippen MR) is 93.4 cm³/mol. The van der Waals surface area contributed by atoms with Gasteiger partial charge >= 0.3 is 0 Å². The Morgan fingerprint density at radius 2 is 1.83 bits per heavy atom. The molecule has 0 aliphatic carbocycles. The molecule has 2 aromatic heterocycles. The van der Waals surface area contributed by atoms with Crippen LogP contribution in [0.25, 0.3) is 22.2 Å². The second-order valence-electron chi connectivity index (χ2n) is 5.44. The molecule has 0 saturated heterocycles. The zero-order chi connectivity index (χ0) is 17.3. The number of aromatic nitrogens is 2. The Morgan fingerprint density at radius 1 is 1.12 bits per heavy atom. The van der Waals surface area contributed by atoms with Gasteiger partial charge in [0.2, 0.25) is 10.0 Å². The smallest absolute Gasteiger partial charge is 0.230 e. The molecule has 0 bridgehead atoms. The van der Waals surface area contributed by atoms with E-state index in [2.05, 4.69) is 14.7 Å². The van der Waals surface area contributed by atoms with Crippen molar-refractivity contribution in [3.8, 4) is 11.3 Å². The lowest BCUT2D eigenvalue weighted by atomic mass is 10.0. The van der Waals surface area contributed by atoms with Crippen molar-refractivity contribution in [3.05, 3.63) is 54.2 Å². The second kappa shape index (κ2) is 6.01. The van der Waals surface area contributed by atoms with Crippen molar-refractivity contribution in [1.82, 2.24) is 9.97 Å². The molecule has 0 aliphatic heterocycles. The van der Waals surface area contributed by atoms with E-state index >= 15 is 0 Å². The average Bonchev–Trinajstić information content (AvgIpc) is 2.52. The lowest BCUT2D eigenvalue weighted by Gasteiger charge is -2.10. The molecule has 7 heteroatoms. The van der Waals surface area contributed by atoms with Crippen LogP contribution < -0.4 is 4.72 Å². The summed E-state index contributed by atoms with van der Waals surface area (Å²) in [6, 6.07) is 12.2. The van der Waals surface area contributed by atoms with Crippen LogP contribution in [0, 0.1) is 0 Å². The molecule has 0 fully saturated rings. The van der Waals surface area contributed by atoms with Gasteiger partial charge in [-0.05, 0) is 19.1 Å². The number of benzene rings is 1. The molecule has 3 aromatic rings. The maximum Gasteiger partial charge on any atom is 0.230 e. The maximum absolute atomic E-state index is 11.5. The number of nitrogens with one attached hydrogen (secondary N) is 1. The summed E-state index contributed by atoms with van der Waals surface area (Å²) in [5, 5.41) is 0.768. The van der Waals surface area contributed by atoms with E-state index in [9.17, 15) is 13.2 Å². The Labute approximate surface area is 139 Å². The summed E-state index contributed by atoms with van der Waals surface area (Å²) in [6.45, 7) is 1.50. The lowest BCUT2D eigenvalue weighted by Crippen LogP contribution is -2.11. The van der Waals surface area contributed by atoms with E-state index in [0.717, 1.165) is 17.2 Å². The third-order valence-electron chi connectivity index (χ3n) is 3.44. The maximum atomic E-state index is 11.5. The second-order valence-corrected chi connectivity index (χ2v) is 7.19. The van der Waals surface area contributed by atoms with E-state index in [1.807, 2.05) is 6.07 Å². The predicted octanol–water partition coefficient (Wildman–Crippen LogP) is 2.87. The molecule has 0 aliphatic rings. The summed E-state index contributed by atoms with van der Waals surface area (Å²) in [5.74, 6) is 0.202. The van der Waals surface area contributed by atoms with Crippen molar-refractivity contribution in [3.63, 3.8) is 0 Å². The number of rotatable bonds is 4. The molecule has 122 valence electrons. The number of hydrogen-bond donors (Lipinski definition) is 1. The Morgan fingerprint density at radius 3 is 2.46 bits per heavy atom. The van der Waals surface area contributed by atoms with Crippen molar-refractivity contribution in [2.24, 2.45) is 0 Å². The number of carbonyl (C=O) groups excluding carboxylic acids is 1. The summed E-state index contributed by atoms with van der Waals surface area (Å²) in [7, 11) is -3.44. The van der Waals surface area contributed by atoms with Gasteiger partial charge in [-0.25, -0.2) is 13.4 Å². The highest BCUT2D eigenvalue weighted by molar-refractivity contribution is 7.92. The van der Waals surface area contributed by atoms with E-state index in [-0.39, 0.29) is 11.6 Å². The van der Waals surface area contributed by atoms with Gasteiger partial charge in [0, 0.05) is 22.7 Å². The van der Waals surface area contributed by atoms with E-state index < -0.39 is 10.0 Å². The van der Waals surface area contributed by atoms with Crippen LogP contribution in [0.15, 0.2) is 48.7 Å². The molecule has 0 spiro atoms. The topological polar surface area (TPSA) is 89.0 Å². The van der Waals surface area contributed by atoms with Crippen LogP contribution in [0.1, 0.15) is 17.3 Å². The van der Waals surface area contributed by atoms with Gasteiger partial charge < -0.3 is 0 Å². The molecule has 0 radical (unpaired) electrons. The fraction of sp³-hybridized carbons (Fsp3) is 0.118. The number of hydrogen-bond acceptors (Lipinski definition) is 5. The van der Waals surface area contributed by atoms with Crippen molar-refractivity contribution in [1.29, 1.82) is 0 Å². The van der Waals surface area contributed by atoms with Gasteiger partial charge in [0.1, 0.15) is 5.82 Å². The minimum Gasteiger partial charge on any atom is -0.295 e. The number of anilines is 1. The van der Waals surface area contributed by atoms with Gasteiger partial charge in [-0.1, -0.05) is 30.3 Å². The van der Waals surface area contributed by atoms with Crippen LogP contribution in [0.3, 0.4) is 0 Å². The van der Waals surface area contributed by atoms with Gasteiger partial charge in [-0.2, -0.15) is 0 Å². The summed E-state index contributed by atoms with van der Waals surface area (Å²) in [6.07, 6.45) is 2.73. The van der Waals surface area contributed by atoms with Crippen LogP contribution in [0.4, 0.5) is 5.82 Å². The highest BCUT2D eigenvalue weighted by Gasteiger charge is 2.12. The van der Waals surface area contributed by atoms with E-state index in [0.29, 0.717) is 16.8 Å². The lowest BCUT2D eigenvalue weighted by molar-refractivity contribution is 0.101. The normalized spacial score (nSPS) is 11.4. The number of carbonyl (C=O) groups is 1. The minimum atomic E-state index is -3.44. The zero-order valence-electron chi connectivity index (χ0n) is 13.1. The van der Waals surface area contributed by atoms with Crippen molar-refractivity contribution >= 4 is 32.5 Å². The first-order valence-electron chi connectivity index (χ1n) is 7.18.